The van der Waals surface area contributed by atoms with Gasteiger partial charge in [-0.3, -0.25) is 0 Å². The quantitative estimate of drug-likeness (QED) is 0.872. The van der Waals surface area contributed by atoms with E-state index < -0.39 is 10.0 Å². The number of nitrogens with one attached hydrogen (secondary N) is 1. The van der Waals surface area contributed by atoms with Crippen LogP contribution in [0.4, 0.5) is 0 Å². The summed E-state index contributed by atoms with van der Waals surface area (Å²) in [6.07, 6.45) is 2.21. The fraction of sp³-hybridized carbons (Fsp3) is 0.500. The largest absolute Gasteiger partial charge is 0.495 e. The zero-order valence-electron chi connectivity index (χ0n) is 10.0. The summed E-state index contributed by atoms with van der Waals surface area (Å²) in [5.41, 5.74) is 0. The van der Waals surface area contributed by atoms with Gasteiger partial charge in [0.05, 0.1) is 7.11 Å². The van der Waals surface area contributed by atoms with E-state index in [-0.39, 0.29) is 10.9 Å². The Morgan fingerprint density at radius 3 is 2.59 bits per heavy atom. The molecule has 0 amide bonds. The molecule has 1 unspecified atom stereocenters. The van der Waals surface area contributed by atoms with Crippen molar-refractivity contribution in [2.75, 3.05) is 7.11 Å². The highest BCUT2D eigenvalue weighted by molar-refractivity contribution is 7.89. The molecule has 17 heavy (non-hydrogen) atoms. The van der Waals surface area contributed by atoms with Gasteiger partial charge in [0.1, 0.15) is 10.6 Å². The van der Waals surface area contributed by atoms with Crippen LogP contribution in [0, 0.1) is 5.92 Å². The molecular weight excluding hydrogens is 238 g/mol. The maximum Gasteiger partial charge on any atom is 0.244 e. The van der Waals surface area contributed by atoms with E-state index in [4.69, 9.17) is 4.74 Å². The second-order valence-corrected chi connectivity index (χ2v) is 6.08. The Labute approximate surface area is 102 Å². The lowest BCUT2D eigenvalue weighted by atomic mass is 10.2. The van der Waals surface area contributed by atoms with E-state index in [1.807, 2.05) is 6.92 Å². The smallest absolute Gasteiger partial charge is 0.244 e. The molecule has 0 aromatic heterocycles. The molecule has 0 aliphatic heterocycles. The number of benzene rings is 1. The number of hydrogen-bond acceptors (Lipinski definition) is 3. The molecule has 0 radical (unpaired) electrons. The third-order valence-electron chi connectivity index (χ3n) is 3.03. The molecule has 0 saturated heterocycles. The predicted octanol–water partition coefficient (Wildman–Crippen LogP) is 1.77. The number of methoxy groups -OCH3 is 1. The molecule has 1 aromatic carbocycles. The number of hydrogen-bond donors (Lipinski definition) is 1. The van der Waals surface area contributed by atoms with Crippen LogP contribution in [0.3, 0.4) is 0 Å². The lowest BCUT2D eigenvalue weighted by Crippen LogP contribution is -2.34. The molecule has 0 bridgehead atoms. The van der Waals surface area contributed by atoms with Crippen LogP contribution in [0.2, 0.25) is 0 Å². The van der Waals surface area contributed by atoms with Crippen molar-refractivity contribution in [3.05, 3.63) is 24.3 Å². The molecule has 94 valence electrons. The summed E-state index contributed by atoms with van der Waals surface area (Å²) in [7, 11) is -2.01. The van der Waals surface area contributed by atoms with Crippen LogP contribution in [-0.4, -0.2) is 21.6 Å². The molecule has 1 saturated carbocycles. The Balaban J connectivity index is 2.24. The van der Waals surface area contributed by atoms with Crippen molar-refractivity contribution in [3.8, 4) is 5.75 Å². The van der Waals surface area contributed by atoms with E-state index in [0.29, 0.717) is 11.7 Å². The van der Waals surface area contributed by atoms with Gasteiger partial charge in [-0.2, -0.15) is 0 Å². The Kier molecular flexibility index (Phi) is 3.40. The first-order valence-electron chi connectivity index (χ1n) is 5.70. The zero-order valence-corrected chi connectivity index (χ0v) is 10.8. The van der Waals surface area contributed by atoms with E-state index in [1.165, 1.54) is 7.11 Å². The van der Waals surface area contributed by atoms with Crippen LogP contribution in [0.5, 0.6) is 5.75 Å². The Hall–Kier alpha value is -1.07. The summed E-state index contributed by atoms with van der Waals surface area (Å²) >= 11 is 0. The molecular formula is C12H17NO3S. The second-order valence-electron chi connectivity index (χ2n) is 4.40. The first-order chi connectivity index (χ1) is 8.04. The topological polar surface area (TPSA) is 55.4 Å². The second kappa shape index (κ2) is 4.66. The minimum atomic E-state index is -3.48. The van der Waals surface area contributed by atoms with Crippen LogP contribution >= 0.6 is 0 Å². The first kappa shape index (κ1) is 12.4. The maximum atomic E-state index is 12.2. The van der Waals surface area contributed by atoms with Crippen molar-refractivity contribution in [2.45, 2.75) is 30.7 Å². The van der Waals surface area contributed by atoms with Crippen LogP contribution in [0.1, 0.15) is 19.8 Å². The zero-order chi connectivity index (χ0) is 12.5. The molecule has 0 spiro atoms. The minimum Gasteiger partial charge on any atom is -0.495 e. The molecule has 1 N–H and O–H groups in total. The van der Waals surface area contributed by atoms with Gasteiger partial charge in [0.25, 0.3) is 0 Å². The van der Waals surface area contributed by atoms with Gasteiger partial charge in [0.15, 0.2) is 0 Å². The molecule has 1 aromatic rings. The third kappa shape index (κ3) is 2.79. The predicted molar refractivity (Wildman–Crippen MR) is 65.5 cm³/mol. The molecule has 1 atom stereocenters. The molecule has 4 nitrogen and oxygen atoms in total. The van der Waals surface area contributed by atoms with Gasteiger partial charge in [-0.05, 0) is 37.8 Å². The Bertz CT molecular complexity index is 494. The van der Waals surface area contributed by atoms with Crippen LogP contribution in [0.15, 0.2) is 29.2 Å². The lowest BCUT2D eigenvalue weighted by Gasteiger charge is -2.15. The highest BCUT2D eigenvalue weighted by Crippen LogP contribution is 2.33. The van der Waals surface area contributed by atoms with E-state index in [0.717, 1.165) is 12.8 Å². The van der Waals surface area contributed by atoms with Crippen LogP contribution in [-0.2, 0) is 10.0 Å². The molecule has 0 heterocycles. The maximum absolute atomic E-state index is 12.2. The average molecular weight is 255 g/mol. The summed E-state index contributed by atoms with van der Waals surface area (Å²) in [5.74, 6) is 0.863. The Morgan fingerprint density at radius 1 is 1.35 bits per heavy atom. The van der Waals surface area contributed by atoms with Crippen molar-refractivity contribution < 1.29 is 13.2 Å². The molecule has 1 fully saturated rings. The number of sulfonamides is 1. The Morgan fingerprint density at radius 2 is 2.00 bits per heavy atom. The van der Waals surface area contributed by atoms with Gasteiger partial charge < -0.3 is 4.74 Å². The SMILES string of the molecule is COc1ccccc1S(=O)(=O)NC(C)C1CC1. The van der Waals surface area contributed by atoms with E-state index in [2.05, 4.69) is 4.72 Å². The van der Waals surface area contributed by atoms with Crippen molar-refractivity contribution in [3.63, 3.8) is 0 Å². The highest BCUT2D eigenvalue weighted by atomic mass is 32.2. The number of rotatable bonds is 5. The summed E-state index contributed by atoms with van der Waals surface area (Å²) in [6, 6.07) is 6.64. The van der Waals surface area contributed by atoms with Crippen molar-refractivity contribution >= 4 is 10.0 Å². The normalized spacial score (nSPS) is 17.8. The van der Waals surface area contributed by atoms with Crippen LogP contribution < -0.4 is 9.46 Å². The lowest BCUT2D eigenvalue weighted by molar-refractivity contribution is 0.402. The van der Waals surface area contributed by atoms with Crippen molar-refractivity contribution in [1.29, 1.82) is 0 Å². The molecule has 2 rings (SSSR count). The van der Waals surface area contributed by atoms with E-state index in [1.54, 1.807) is 24.3 Å². The standard InChI is InChI=1S/C12H17NO3S/c1-9(10-7-8-10)13-17(14,15)12-6-4-3-5-11(12)16-2/h3-6,9-10,13H,7-8H2,1-2H3. The fourth-order valence-corrected chi connectivity index (χ4v) is 3.32. The van der Waals surface area contributed by atoms with Gasteiger partial charge in [0, 0.05) is 6.04 Å². The summed E-state index contributed by atoms with van der Waals surface area (Å²) in [4.78, 5) is 0.204. The first-order valence-corrected chi connectivity index (χ1v) is 7.18. The van der Waals surface area contributed by atoms with E-state index >= 15 is 0 Å². The van der Waals surface area contributed by atoms with Crippen molar-refractivity contribution in [2.24, 2.45) is 5.92 Å². The van der Waals surface area contributed by atoms with Gasteiger partial charge >= 0.3 is 0 Å². The summed E-state index contributed by atoms with van der Waals surface area (Å²) < 4.78 is 32.1. The third-order valence-corrected chi connectivity index (χ3v) is 4.63. The van der Waals surface area contributed by atoms with Crippen molar-refractivity contribution in [1.82, 2.24) is 4.72 Å². The van der Waals surface area contributed by atoms with Gasteiger partial charge in [0.2, 0.25) is 10.0 Å². The van der Waals surface area contributed by atoms with Gasteiger partial charge in [-0.25, -0.2) is 13.1 Å². The number of ether oxygens (including phenoxy) is 1. The van der Waals surface area contributed by atoms with Crippen LogP contribution in [0.25, 0.3) is 0 Å². The van der Waals surface area contributed by atoms with Gasteiger partial charge in [-0.15, -0.1) is 0 Å². The molecule has 1 aliphatic rings. The highest BCUT2D eigenvalue weighted by Gasteiger charge is 2.31. The monoisotopic (exact) mass is 255 g/mol. The summed E-state index contributed by atoms with van der Waals surface area (Å²) in [5, 5.41) is 0. The molecule has 1 aliphatic carbocycles. The number of para-hydroxylation sites is 1. The summed E-state index contributed by atoms with van der Waals surface area (Å²) in [6.45, 7) is 1.91. The van der Waals surface area contributed by atoms with Gasteiger partial charge in [-0.1, -0.05) is 12.1 Å². The average Bonchev–Trinajstić information content (AvgIpc) is 3.12. The molecule has 5 heteroatoms. The minimum absolute atomic E-state index is 0.00934. The van der Waals surface area contributed by atoms with E-state index in [9.17, 15) is 8.42 Å². The fourth-order valence-electron chi connectivity index (χ4n) is 1.84.